The summed E-state index contributed by atoms with van der Waals surface area (Å²) in [6.07, 6.45) is 0. The topological polar surface area (TPSA) is 51.6 Å². The van der Waals surface area contributed by atoms with Gasteiger partial charge in [0.2, 0.25) is 5.88 Å². The smallest absolute Gasteiger partial charge is 0.217 e. The molecule has 1 N–H and O–H groups in total. The maximum atomic E-state index is 10.0. The number of methoxy groups -OCH3 is 1. The van der Waals surface area contributed by atoms with E-state index >= 15 is 0 Å². The van der Waals surface area contributed by atoms with E-state index in [1.54, 1.807) is 7.11 Å². The van der Waals surface area contributed by atoms with Gasteiger partial charge in [-0.05, 0) is 24.5 Å². The molecule has 1 aromatic carbocycles. The summed E-state index contributed by atoms with van der Waals surface area (Å²) in [6.45, 7) is 4.43. The fraction of sp³-hybridized carbons (Fsp3) is 0.308. The molecule has 4 nitrogen and oxygen atoms in total. The van der Waals surface area contributed by atoms with E-state index in [0.717, 1.165) is 29.4 Å². The minimum Gasteiger partial charge on any atom is -0.507 e. The van der Waals surface area contributed by atoms with E-state index in [4.69, 9.17) is 9.47 Å². The number of aromatic nitrogens is 1. The number of hydrogen-bond acceptors (Lipinski definition) is 4. The first-order valence-corrected chi connectivity index (χ1v) is 6.03. The van der Waals surface area contributed by atoms with Crippen molar-refractivity contribution in [2.45, 2.75) is 13.7 Å². The quantitative estimate of drug-likeness (QED) is 0.828. The Bertz CT molecular complexity index is 572. The van der Waals surface area contributed by atoms with Gasteiger partial charge in [-0.25, -0.2) is 4.98 Å². The van der Waals surface area contributed by atoms with Crippen LogP contribution in [0.4, 0.5) is 0 Å². The lowest BCUT2D eigenvalue weighted by Crippen LogP contribution is -2.16. The van der Waals surface area contributed by atoms with Gasteiger partial charge in [0.1, 0.15) is 11.5 Å². The molecule has 0 unspecified atom stereocenters. The Morgan fingerprint density at radius 3 is 2.78 bits per heavy atom. The van der Waals surface area contributed by atoms with Crippen molar-refractivity contribution < 1.29 is 14.6 Å². The van der Waals surface area contributed by atoms with Gasteiger partial charge in [0, 0.05) is 11.5 Å². The van der Waals surface area contributed by atoms with Crippen LogP contribution in [0.15, 0.2) is 18.2 Å². The summed E-state index contributed by atoms with van der Waals surface area (Å²) in [4.78, 5) is 4.44. The van der Waals surface area contributed by atoms with Crippen LogP contribution in [0, 0.1) is 0 Å². The molecule has 0 atom stereocenters. The van der Waals surface area contributed by atoms with Crippen LogP contribution >= 0.6 is 0 Å². The van der Waals surface area contributed by atoms with Crippen LogP contribution in [0.1, 0.15) is 6.92 Å². The van der Waals surface area contributed by atoms with Crippen molar-refractivity contribution in [3.8, 4) is 17.4 Å². The lowest BCUT2D eigenvalue weighted by molar-refractivity contribution is 0.326. The summed E-state index contributed by atoms with van der Waals surface area (Å²) in [5.41, 5.74) is 1.71. The van der Waals surface area contributed by atoms with E-state index in [2.05, 4.69) is 4.98 Å². The van der Waals surface area contributed by atoms with Gasteiger partial charge in [0.25, 0.3) is 0 Å². The number of aromatic hydroxyl groups is 1. The zero-order valence-electron chi connectivity index (χ0n) is 10.9. The highest BCUT2D eigenvalue weighted by molar-refractivity contribution is 6.56. The number of pyridine rings is 1. The Balaban J connectivity index is 2.72. The number of fused-ring (bicyclic) bond motifs is 1. The zero-order valence-corrected chi connectivity index (χ0v) is 10.9. The van der Waals surface area contributed by atoms with E-state index in [1.807, 2.05) is 25.9 Å². The largest absolute Gasteiger partial charge is 0.507 e. The molecule has 94 valence electrons. The van der Waals surface area contributed by atoms with Crippen LogP contribution in [-0.4, -0.2) is 31.1 Å². The van der Waals surface area contributed by atoms with Gasteiger partial charge in [0.05, 0.1) is 19.2 Å². The van der Waals surface area contributed by atoms with E-state index in [9.17, 15) is 5.11 Å². The van der Waals surface area contributed by atoms with E-state index in [1.165, 1.54) is 6.07 Å². The summed E-state index contributed by atoms with van der Waals surface area (Å²) in [7, 11) is 2.41. The summed E-state index contributed by atoms with van der Waals surface area (Å²) in [6, 6.07) is 5.20. The Morgan fingerprint density at radius 2 is 2.17 bits per heavy atom. The average Bonchev–Trinajstić information content (AvgIpc) is 2.37. The summed E-state index contributed by atoms with van der Waals surface area (Å²) in [5.74, 6) is 1.40. The summed E-state index contributed by atoms with van der Waals surface area (Å²) >= 11 is 0. The van der Waals surface area contributed by atoms with E-state index < -0.39 is 0 Å². The van der Waals surface area contributed by atoms with Crippen LogP contribution in [0.25, 0.3) is 10.9 Å². The minimum atomic E-state index is 0.181. The normalized spacial score (nSPS) is 10.4. The lowest BCUT2D eigenvalue weighted by Gasteiger charge is -2.12. The number of benzene rings is 1. The van der Waals surface area contributed by atoms with Gasteiger partial charge in [0.15, 0.2) is 7.28 Å². The fourth-order valence-corrected chi connectivity index (χ4v) is 2.04. The highest BCUT2D eigenvalue weighted by Gasteiger charge is 2.13. The predicted molar refractivity (Wildman–Crippen MR) is 73.8 cm³/mol. The van der Waals surface area contributed by atoms with Crippen molar-refractivity contribution in [2.24, 2.45) is 0 Å². The SMILES string of the molecule is CBc1c(OC)ccc2c(O)cc(OCC)nc12. The molecule has 0 fully saturated rings. The molecule has 1 aromatic heterocycles. The van der Waals surface area contributed by atoms with Crippen molar-refractivity contribution in [1.29, 1.82) is 0 Å². The highest BCUT2D eigenvalue weighted by atomic mass is 16.5. The molecule has 18 heavy (non-hydrogen) atoms. The second-order valence-electron chi connectivity index (χ2n) is 3.91. The molecule has 0 saturated heterocycles. The number of ether oxygens (including phenoxy) is 2. The van der Waals surface area contributed by atoms with Gasteiger partial charge in [-0.2, -0.15) is 0 Å². The first kappa shape index (κ1) is 12.5. The second kappa shape index (κ2) is 5.17. The van der Waals surface area contributed by atoms with Gasteiger partial charge < -0.3 is 14.6 Å². The molecule has 0 aliphatic rings. The Labute approximate surface area is 107 Å². The molecule has 0 amide bonds. The Morgan fingerprint density at radius 1 is 1.39 bits per heavy atom. The minimum absolute atomic E-state index is 0.181. The summed E-state index contributed by atoms with van der Waals surface area (Å²) < 4.78 is 10.7. The van der Waals surface area contributed by atoms with Crippen molar-refractivity contribution in [3.63, 3.8) is 0 Å². The average molecular weight is 245 g/mol. The molecule has 5 heteroatoms. The molecule has 0 bridgehead atoms. The summed E-state index contributed by atoms with van der Waals surface area (Å²) in [5, 5.41) is 10.7. The van der Waals surface area contributed by atoms with Crippen LogP contribution in [-0.2, 0) is 0 Å². The molecule has 0 saturated carbocycles. The van der Waals surface area contributed by atoms with Gasteiger partial charge in [-0.15, -0.1) is 0 Å². The first-order chi connectivity index (χ1) is 8.71. The molecule has 1 heterocycles. The maximum Gasteiger partial charge on any atom is 0.217 e. The fourth-order valence-electron chi connectivity index (χ4n) is 2.04. The molecule has 0 spiro atoms. The van der Waals surface area contributed by atoms with Crippen LogP contribution < -0.4 is 14.9 Å². The zero-order chi connectivity index (χ0) is 13.1. The highest BCUT2D eigenvalue weighted by Crippen LogP contribution is 2.28. The van der Waals surface area contributed by atoms with E-state index in [-0.39, 0.29) is 5.75 Å². The molecule has 0 aliphatic carbocycles. The molecular formula is C13H16BNO3. The van der Waals surface area contributed by atoms with E-state index in [0.29, 0.717) is 12.5 Å². The molecular weight excluding hydrogens is 229 g/mol. The number of nitrogens with zero attached hydrogens (tertiary/aromatic N) is 1. The van der Waals surface area contributed by atoms with Gasteiger partial charge in [-0.3, -0.25) is 0 Å². The van der Waals surface area contributed by atoms with Crippen LogP contribution in [0.5, 0.6) is 17.4 Å². The van der Waals surface area contributed by atoms with Gasteiger partial charge in [-0.1, -0.05) is 6.82 Å². The number of hydrogen-bond donors (Lipinski definition) is 1. The van der Waals surface area contributed by atoms with Crippen LogP contribution in [0.2, 0.25) is 6.82 Å². The Hall–Kier alpha value is -1.91. The van der Waals surface area contributed by atoms with Crippen molar-refractivity contribution in [2.75, 3.05) is 13.7 Å². The third kappa shape index (κ3) is 2.08. The lowest BCUT2D eigenvalue weighted by atomic mass is 9.71. The molecule has 2 aromatic rings. The predicted octanol–water partition coefficient (Wildman–Crippen LogP) is 1.46. The van der Waals surface area contributed by atoms with Crippen molar-refractivity contribution >= 4 is 23.6 Å². The monoisotopic (exact) mass is 245 g/mol. The molecule has 0 radical (unpaired) electrons. The molecule has 2 rings (SSSR count). The van der Waals surface area contributed by atoms with Crippen LogP contribution in [0.3, 0.4) is 0 Å². The third-order valence-corrected chi connectivity index (χ3v) is 2.86. The number of rotatable bonds is 4. The second-order valence-corrected chi connectivity index (χ2v) is 3.91. The Kier molecular flexibility index (Phi) is 3.60. The third-order valence-electron chi connectivity index (χ3n) is 2.86. The maximum absolute atomic E-state index is 10.0. The van der Waals surface area contributed by atoms with Crippen molar-refractivity contribution in [1.82, 2.24) is 4.98 Å². The standard InChI is InChI=1S/C13H16BNO3/c1-4-18-11-7-9(16)8-5-6-10(17-3)12(14-2)13(8)15-11/h5-7,14H,4H2,1-3H3,(H,15,16). The molecule has 0 aliphatic heterocycles. The van der Waals surface area contributed by atoms with Crippen molar-refractivity contribution in [3.05, 3.63) is 18.2 Å². The first-order valence-electron chi connectivity index (χ1n) is 6.03. The van der Waals surface area contributed by atoms with Gasteiger partial charge >= 0.3 is 0 Å².